The predicted molar refractivity (Wildman–Crippen MR) is 60.1 cm³/mol. The van der Waals surface area contributed by atoms with E-state index in [0.717, 1.165) is 5.92 Å². The second-order valence-electron chi connectivity index (χ2n) is 6.26. The van der Waals surface area contributed by atoms with Crippen LogP contribution in [0.15, 0.2) is 0 Å². The fraction of sp³-hybridized carbons (Fsp3) is 1.00. The standard InChI is InChI=1S/C12H24N2/c1-11(2)8-6-7-12(11,3)10(13)9(8)14(4)5/h8-10H,6-7,13H2,1-5H3/t8-,9-,10-,12+/m1/s1. The summed E-state index contributed by atoms with van der Waals surface area (Å²) in [4.78, 5) is 2.33. The second-order valence-corrected chi connectivity index (χ2v) is 6.26. The van der Waals surface area contributed by atoms with Gasteiger partial charge in [-0.25, -0.2) is 0 Å². The molecule has 2 heteroatoms. The minimum absolute atomic E-state index is 0.353. The van der Waals surface area contributed by atoms with Crippen LogP contribution in [-0.2, 0) is 0 Å². The van der Waals surface area contributed by atoms with Gasteiger partial charge in [0.1, 0.15) is 0 Å². The lowest BCUT2D eigenvalue weighted by Crippen LogP contribution is -2.51. The average Bonchev–Trinajstić information content (AvgIpc) is 2.35. The summed E-state index contributed by atoms with van der Waals surface area (Å²) >= 11 is 0. The van der Waals surface area contributed by atoms with Gasteiger partial charge in [0.25, 0.3) is 0 Å². The van der Waals surface area contributed by atoms with E-state index in [-0.39, 0.29) is 0 Å². The van der Waals surface area contributed by atoms with Crippen LogP contribution < -0.4 is 5.73 Å². The molecule has 2 bridgehead atoms. The number of fused-ring (bicyclic) bond motifs is 2. The average molecular weight is 196 g/mol. The third kappa shape index (κ3) is 0.938. The molecule has 2 aliphatic rings. The van der Waals surface area contributed by atoms with Gasteiger partial charge < -0.3 is 10.6 Å². The lowest BCUT2D eigenvalue weighted by atomic mass is 9.69. The first-order valence-corrected chi connectivity index (χ1v) is 5.74. The molecule has 0 aromatic rings. The molecule has 0 heterocycles. The number of likely N-dealkylation sites (N-methyl/N-ethyl adjacent to an activating group) is 1. The van der Waals surface area contributed by atoms with E-state index in [0.29, 0.717) is 22.9 Å². The zero-order chi connectivity index (χ0) is 10.7. The zero-order valence-electron chi connectivity index (χ0n) is 10.2. The molecule has 82 valence electrons. The molecule has 2 saturated carbocycles. The molecule has 2 N–H and O–H groups in total. The van der Waals surface area contributed by atoms with Crippen molar-refractivity contribution in [3.63, 3.8) is 0 Å². The van der Waals surface area contributed by atoms with Gasteiger partial charge >= 0.3 is 0 Å². The second kappa shape index (κ2) is 2.73. The highest BCUT2D eigenvalue weighted by Gasteiger charge is 2.65. The first-order chi connectivity index (χ1) is 6.32. The van der Waals surface area contributed by atoms with Gasteiger partial charge in [-0.2, -0.15) is 0 Å². The summed E-state index contributed by atoms with van der Waals surface area (Å²) in [5.41, 5.74) is 7.21. The van der Waals surface area contributed by atoms with Crippen LogP contribution in [0.25, 0.3) is 0 Å². The molecule has 2 rings (SSSR count). The van der Waals surface area contributed by atoms with Crippen LogP contribution in [0.1, 0.15) is 33.6 Å². The van der Waals surface area contributed by atoms with E-state index in [1.165, 1.54) is 12.8 Å². The Labute approximate surface area is 87.8 Å². The molecule has 2 nitrogen and oxygen atoms in total. The number of hydrogen-bond acceptors (Lipinski definition) is 2. The Morgan fingerprint density at radius 2 is 1.79 bits per heavy atom. The van der Waals surface area contributed by atoms with Gasteiger partial charge in [-0.1, -0.05) is 20.8 Å². The van der Waals surface area contributed by atoms with E-state index in [9.17, 15) is 0 Å². The fourth-order valence-corrected chi connectivity index (χ4v) is 4.06. The summed E-state index contributed by atoms with van der Waals surface area (Å²) in [6.07, 6.45) is 2.68. The molecular formula is C12H24N2. The highest BCUT2D eigenvalue weighted by atomic mass is 15.2. The van der Waals surface area contributed by atoms with E-state index in [1.807, 2.05) is 0 Å². The van der Waals surface area contributed by atoms with Gasteiger partial charge in [0.05, 0.1) is 0 Å². The van der Waals surface area contributed by atoms with Crippen molar-refractivity contribution in [3.05, 3.63) is 0 Å². The van der Waals surface area contributed by atoms with E-state index < -0.39 is 0 Å². The third-order valence-corrected chi connectivity index (χ3v) is 5.49. The van der Waals surface area contributed by atoms with Crippen molar-refractivity contribution in [2.24, 2.45) is 22.5 Å². The first-order valence-electron chi connectivity index (χ1n) is 5.74. The molecule has 0 aliphatic heterocycles. The summed E-state index contributed by atoms with van der Waals surface area (Å²) in [5, 5.41) is 0. The molecule has 0 radical (unpaired) electrons. The normalized spacial score (nSPS) is 50.4. The van der Waals surface area contributed by atoms with Crippen molar-refractivity contribution in [2.45, 2.75) is 45.7 Å². The van der Waals surface area contributed by atoms with E-state index in [2.05, 4.69) is 39.8 Å². The Morgan fingerprint density at radius 3 is 2.07 bits per heavy atom. The Hall–Kier alpha value is -0.0800. The summed E-state index contributed by atoms with van der Waals surface area (Å²) in [6, 6.07) is 0.940. The van der Waals surface area contributed by atoms with Gasteiger partial charge in [-0.15, -0.1) is 0 Å². The van der Waals surface area contributed by atoms with Crippen LogP contribution in [0.2, 0.25) is 0 Å². The molecule has 0 saturated heterocycles. The first kappa shape index (κ1) is 10.4. The van der Waals surface area contributed by atoms with Gasteiger partial charge in [0.2, 0.25) is 0 Å². The topological polar surface area (TPSA) is 29.3 Å². The van der Waals surface area contributed by atoms with Crippen LogP contribution in [0, 0.1) is 16.7 Å². The van der Waals surface area contributed by atoms with Crippen LogP contribution in [-0.4, -0.2) is 31.1 Å². The summed E-state index contributed by atoms with van der Waals surface area (Å²) < 4.78 is 0. The molecule has 2 aliphatic carbocycles. The third-order valence-electron chi connectivity index (χ3n) is 5.49. The number of nitrogens with two attached hydrogens (primary N) is 1. The van der Waals surface area contributed by atoms with Crippen LogP contribution in [0.3, 0.4) is 0 Å². The van der Waals surface area contributed by atoms with Crippen molar-refractivity contribution in [2.75, 3.05) is 14.1 Å². The summed E-state index contributed by atoms with van der Waals surface area (Å²) in [5.74, 6) is 0.789. The highest BCUT2D eigenvalue weighted by Crippen LogP contribution is 2.65. The van der Waals surface area contributed by atoms with E-state index >= 15 is 0 Å². The Morgan fingerprint density at radius 1 is 1.21 bits per heavy atom. The van der Waals surface area contributed by atoms with Crippen molar-refractivity contribution in [1.82, 2.24) is 4.90 Å². The number of rotatable bonds is 1. The molecule has 0 aromatic carbocycles. The molecule has 0 unspecified atom stereocenters. The SMILES string of the molecule is CN(C)[C@@H]1[C@H]2CC[C@@](C)([C@@H]1N)C2(C)C. The Balaban J connectivity index is 2.39. The van der Waals surface area contributed by atoms with E-state index in [1.54, 1.807) is 0 Å². The molecular weight excluding hydrogens is 172 g/mol. The largest absolute Gasteiger partial charge is 0.326 e. The quantitative estimate of drug-likeness (QED) is 0.691. The molecule has 0 spiro atoms. The van der Waals surface area contributed by atoms with Gasteiger partial charge in [-0.05, 0) is 43.7 Å². The minimum atomic E-state index is 0.353. The van der Waals surface area contributed by atoms with Crippen LogP contribution in [0.5, 0.6) is 0 Å². The Bertz CT molecular complexity index is 247. The molecule has 0 aromatic heterocycles. The predicted octanol–water partition coefficient (Wildman–Crippen LogP) is 1.70. The minimum Gasteiger partial charge on any atom is -0.326 e. The fourth-order valence-electron chi connectivity index (χ4n) is 4.06. The molecule has 4 atom stereocenters. The zero-order valence-corrected chi connectivity index (χ0v) is 10.2. The lowest BCUT2D eigenvalue weighted by molar-refractivity contribution is 0.133. The number of nitrogens with zero attached hydrogens (tertiary/aromatic N) is 1. The number of hydrogen-bond donors (Lipinski definition) is 1. The van der Waals surface area contributed by atoms with Crippen LogP contribution >= 0.6 is 0 Å². The molecule has 0 amide bonds. The van der Waals surface area contributed by atoms with Gasteiger partial charge in [-0.3, -0.25) is 0 Å². The van der Waals surface area contributed by atoms with Crippen LogP contribution in [0.4, 0.5) is 0 Å². The maximum absolute atomic E-state index is 6.43. The monoisotopic (exact) mass is 196 g/mol. The van der Waals surface area contributed by atoms with Crippen molar-refractivity contribution in [1.29, 1.82) is 0 Å². The maximum Gasteiger partial charge on any atom is 0.0280 e. The molecule has 2 fully saturated rings. The Kier molecular flexibility index (Phi) is 2.04. The summed E-state index contributed by atoms with van der Waals surface area (Å²) in [6.45, 7) is 7.21. The maximum atomic E-state index is 6.43. The van der Waals surface area contributed by atoms with Crippen molar-refractivity contribution >= 4 is 0 Å². The molecule has 14 heavy (non-hydrogen) atoms. The van der Waals surface area contributed by atoms with E-state index in [4.69, 9.17) is 5.73 Å². The van der Waals surface area contributed by atoms with Gasteiger partial charge in [0.15, 0.2) is 0 Å². The highest BCUT2D eigenvalue weighted by molar-refractivity contribution is 5.18. The lowest BCUT2D eigenvalue weighted by Gasteiger charge is -2.39. The van der Waals surface area contributed by atoms with Crippen molar-refractivity contribution < 1.29 is 0 Å². The van der Waals surface area contributed by atoms with Crippen molar-refractivity contribution in [3.8, 4) is 0 Å². The smallest absolute Gasteiger partial charge is 0.0280 e. The van der Waals surface area contributed by atoms with Gasteiger partial charge in [0, 0.05) is 12.1 Å². The summed E-state index contributed by atoms with van der Waals surface area (Å²) in [7, 11) is 4.34.